The van der Waals surface area contributed by atoms with Crippen molar-refractivity contribution < 1.29 is 4.74 Å². The standard InChI is InChI=1S/C16H24ClNO/c1-12-6-8-16(9-7-12,11-18-2)14-10-13(17)4-5-15(14)19-3/h4-5,10,12,18H,6-9,11H2,1-3H3. The van der Waals surface area contributed by atoms with Crippen LogP contribution in [0.1, 0.15) is 38.2 Å². The van der Waals surface area contributed by atoms with E-state index in [1.165, 1.54) is 31.2 Å². The van der Waals surface area contributed by atoms with Crippen molar-refractivity contribution in [2.75, 3.05) is 20.7 Å². The number of methoxy groups -OCH3 is 1. The number of nitrogens with one attached hydrogen (secondary N) is 1. The average Bonchev–Trinajstić information content (AvgIpc) is 2.42. The lowest BCUT2D eigenvalue weighted by Crippen LogP contribution is -2.40. The monoisotopic (exact) mass is 281 g/mol. The van der Waals surface area contributed by atoms with E-state index >= 15 is 0 Å². The smallest absolute Gasteiger partial charge is 0.122 e. The maximum Gasteiger partial charge on any atom is 0.122 e. The van der Waals surface area contributed by atoms with Gasteiger partial charge in [-0.3, -0.25) is 0 Å². The van der Waals surface area contributed by atoms with Crippen LogP contribution >= 0.6 is 11.6 Å². The van der Waals surface area contributed by atoms with Crippen molar-refractivity contribution in [3.8, 4) is 5.75 Å². The Kier molecular flexibility index (Phi) is 4.75. The Labute approximate surface area is 121 Å². The summed E-state index contributed by atoms with van der Waals surface area (Å²) < 4.78 is 5.57. The summed E-state index contributed by atoms with van der Waals surface area (Å²) in [6.45, 7) is 3.33. The zero-order valence-electron chi connectivity index (χ0n) is 12.1. The van der Waals surface area contributed by atoms with Gasteiger partial charge >= 0.3 is 0 Å². The summed E-state index contributed by atoms with van der Waals surface area (Å²) in [5.41, 5.74) is 1.43. The molecule has 1 fully saturated rings. The van der Waals surface area contributed by atoms with Crippen molar-refractivity contribution in [2.45, 2.75) is 38.0 Å². The van der Waals surface area contributed by atoms with Crippen molar-refractivity contribution in [1.82, 2.24) is 5.32 Å². The molecule has 1 aliphatic carbocycles. The van der Waals surface area contributed by atoms with Gasteiger partial charge in [0.2, 0.25) is 0 Å². The second-order valence-electron chi connectivity index (χ2n) is 5.84. The Balaban J connectivity index is 2.41. The normalized spacial score (nSPS) is 27.3. The number of ether oxygens (including phenoxy) is 1. The van der Waals surface area contributed by atoms with Crippen LogP contribution in [0.3, 0.4) is 0 Å². The van der Waals surface area contributed by atoms with Crippen LogP contribution in [0.5, 0.6) is 5.75 Å². The molecule has 1 N–H and O–H groups in total. The average molecular weight is 282 g/mol. The van der Waals surface area contributed by atoms with Gasteiger partial charge in [0.15, 0.2) is 0 Å². The van der Waals surface area contributed by atoms with Crippen molar-refractivity contribution >= 4 is 11.6 Å². The van der Waals surface area contributed by atoms with E-state index in [1.807, 2.05) is 19.2 Å². The molecule has 1 saturated carbocycles. The van der Waals surface area contributed by atoms with E-state index in [0.717, 1.165) is 23.2 Å². The zero-order chi connectivity index (χ0) is 13.9. The molecule has 19 heavy (non-hydrogen) atoms. The maximum atomic E-state index is 6.21. The zero-order valence-corrected chi connectivity index (χ0v) is 12.9. The quantitative estimate of drug-likeness (QED) is 0.900. The summed E-state index contributed by atoms with van der Waals surface area (Å²) in [5, 5.41) is 4.16. The molecule has 2 rings (SSSR count). The molecule has 0 heterocycles. The van der Waals surface area contributed by atoms with Gasteiger partial charge in [-0.15, -0.1) is 0 Å². The molecule has 2 nitrogen and oxygen atoms in total. The number of likely N-dealkylation sites (N-methyl/N-ethyl adjacent to an activating group) is 1. The molecule has 0 atom stereocenters. The van der Waals surface area contributed by atoms with Crippen molar-refractivity contribution in [3.63, 3.8) is 0 Å². The summed E-state index contributed by atoms with van der Waals surface area (Å²) in [5.74, 6) is 1.80. The molecule has 1 aliphatic rings. The molecule has 0 spiro atoms. The molecule has 0 aromatic heterocycles. The van der Waals surface area contributed by atoms with Gasteiger partial charge in [-0.05, 0) is 56.8 Å². The van der Waals surface area contributed by atoms with Gasteiger partial charge in [-0.1, -0.05) is 18.5 Å². The van der Waals surface area contributed by atoms with Gasteiger partial charge in [0.1, 0.15) is 5.75 Å². The minimum atomic E-state index is 0.164. The fourth-order valence-corrected chi connectivity index (χ4v) is 3.46. The number of hydrogen-bond acceptors (Lipinski definition) is 2. The Hall–Kier alpha value is -0.730. The fourth-order valence-electron chi connectivity index (χ4n) is 3.29. The Bertz CT molecular complexity index is 425. The highest BCUT2D eigenvalue weighted by molar-refractivity contribution is 6.30. The highest BCUT2D eigenvalue weighted by Gasteiger charge is 2.37. The molecule has 1 aromatic rings. The van der Waals surface area contributed by atoms with Gasteiger partial charge in [-0.2, -0.15) is 0 Å². The Morgan fingerprint density at radius 2 is 2.05 bits per heavy atom. The lowest BCUT2D eigenvalue weighted by molar-refractivity contribution is 0.231. The maximum absolute atomic E-state index is 6.21. The SMILES string of the molecule is CNCC1(c2cc(Cl)ccc2OC)CCC(C)CC1. The first-order valence-corrected chi connectivity index (χ1v) is 7.48. The molecule has 0 amide bonds. The van der Waals surface area contributed by atoms with Gasteiger partial charge < -0.3 is 10.1 Å². The number of benzene rings is 1. The van der Waals surface area contributed by atoms with E-state index in [2.05, 4.69) is 18.3 Å². The third-order valence-corrected chi connectivity index (χ3v) is 4.71. The van der Waals surface area contributed by atoms with E-state index in [-0.39, 0.29) is 5.41 Å². The van der Waals surface area contributed by atoms with E-state index in [0.29, 0.717) is 0 Å². The van der Waals surface area contributed by atoms with E-state index in [4.69, 9.17) is 16.3 Å². The van der Waals surface area contributed by atoms with Gasteiger partial charge in [-0.25, -0.2) is 0 Å². The number of rotatable bonds is 4. The third-order valence-electron chi connectivity index (χ3n) is 4.48. The molecule has 1 aromatic carbocycles. The van der Waals surface area contributed by atoms with Crippen molar-refractivity contribution in [1.29, 1.82) is 0 Å². The van der Waals surface area contributed by atoms with Crippen molar-refractivity contribution in [2.24, 2.45) is 5.92 Å². The number of hydrogen-bond donors (Lipinski definition) is 1. The fraction of sp³-hybridized carbons (Fsp3) is 0.625. The molecule has 106 valence electrons. The van der Waals surface area contributed by atoms with E-state index in [9.17, 15) is 0 Å². The minimum absolute atomic E-state index is 0.164. The van der Waals surface area contributed by atoms with Crippen LogP contribution in [-0.4, -0.2) is 20.7 Å². The summed E-state index contributed by atoms with van der Waals surface area (Å²) in [4.78, 5) is 0. The Morgan fingerprint density at radius 3 is 2.63 bits per heavy atom. The molecule has 0 radical (unpaired) electrons. The van der Waals surface area contributed by atoms with E-state index in [1.54, 1.807) is 7.11 Å². The van der Waals surface area contributed by atoms with Crippen LogP contribution in [0.4, 0.5) is 0 Å². The minimum Gasteiger partial charge on any atom is -0.496 e. The Morgan fingerprint density at radius 1 is 1.37 bits per heavy atom. The lowest BCUT2D eigenvalue weighted by atomic mass is 9.66. The predicted octanol–water partition coefficient (Wildman–Crippen LogP) is 4.02. The second kappa shape index (κ2) is 6.15. The first-order valence-electron chi connectivity index (χ1n) is 7.10. The topological polar surface area (TPSA) is 21.3 Å². The predicted molar refractivity (Wildman–Crippen MR) is 81.2 cm³/mol. The van der Waals surface area contributed by atoms with Crippen LogP contribution in [0.15, 0.2) is 18.2 Å². The highest BCUT2D eigenvalue weighted by Crippen LogP contribution is 2.45. The van der Waals surface area contributed by atoms with Crippen LogP contribution < -0.4 is 10.1 Å². The summed E-state index contributed by atoms with van der Waals surface area (Å²) in [7, 11) is 3.77. The van der Waals surface area contributed by atoms with Crippen LogP contribution in [0.2, 0.25) is 5.02 Å². The van der Waals surface area contributed by atoms with Crippen LogP contribution in [-0.2, 0) is 5.41 Å². The summed E-state index contributed by atoms with van der Waals surface area (Å²) in [6, 6.07) is 5.99. The second-order valence-corrected chi connectivity index (χ2v) is 6.27. The molecular weight excluding hydrogens is 258 g/mol. The molecular formula is C16H24ClNO. The molecule has 0 aliphatic heterocycles. The molecule has 0 bridgehead atoms. The number of halogens is 1. The molecule has 3 heteroatoms. The van der Waals surface area contributed by atoms with Gasteiger partial charge in [0, 0.05) is 22.5 Å². The highest BCUT2D eigenvalue weighted by atomic mass is 35.5. The molecule has 0 unspecified atom stereocenters. The third kappa shape index (κ3) is 3.06. The summed E-state index contributed by atoms with van der Waals surface area (Å²) >= 11 is 6.21. The molecule has 0 saturated heterocycles. The van der Waals surface area contributed by atoms with Gasteiger partial charge in [0.05, 0.1) is 7.11 Å². The lowest BCUT2D eigenvalue weighted by Gasteiger charge is -2.40. The van der Waals surface area contributed by atoms with Crippen LogP contribution in [0.25, 0.3) is 0 Å². The summed E-state index contributed by atoms with van der Waals surface area (Å²) in [6.07, 6.45) is 4.95. The van der Waals surface area contributed by atoms with Crippen molar-refractivity contribution in [3.05, 3.63) is 28.8 Å². The van der Waals surface area contributed by atoms with Crippen LogP contribution in [0, 0.1) is 5.92 Å². The van der Waals surface area contributed by atoms with Gasteiger partial charge in [0.25, 0.3) is 0 Å². The largest absolute Gasteiger partial charge is 0.496 e. The van der Waals surface area contributed by atoms with E-state index < -0.39 is 0 Å². The first-order chi connectivity index (χ1) is 9.11. The first kappa shape index (κ1) is 14.7.